The third kappa shape index (κ3) is 35.0. The van der Waals surface area contributed by atoms with Gasteiger partial charge in [0.1, 0.15) is 6.61 Å². The van der Waals surface area contributed by atoms with Crippen molar-refractivity contribution in [1.29, 1.82) is 0 Å². The highest BCUT2D eigenvalue weighted by Gasteiger charge is 2.23. The number of unbranched alkanes of at least 4 members (excludes halogenated alkanes) is 12. The quantitative estimate of drug-likeness (QED) is 0.0213. The molecule has 0 aliphatic rings. The van der Waals surface area contributed by atoms with E-state index in [1.54, 1.807) is 0 Å². The summed E-state index contributed by atoms with van der Waals surface area (Å²) in [6.45, 7) is 5.73. The molecular weight excluding hydrogens is 671 g/mol. The van der Waals surface area contributed by atoms with Crippen molar-refractivity contribution in [3.05, 3.63) is 36.5 Å². The summed E-state index contributed by atoms with van der Waals surface area (Å²) in [6, 6.07) is 0. The number of esters is 2. The van der Waals surface area contributed by atoms with Crippen molar-refractivity contribution in [2.24, 2.45) is 5.92 Å². The normalized spacial score (nSPS) is 14.7. The van der Waals surface area contributed by atoms with Gasteiger partial charge in [-0.15, -0.1) is 0 Å². The van der Waals surface area contributed by atoms with Gasteiger partial charge in [-0.25, -0.2) is 4.57 Å². The molecule has 0 saturated heterocycles. The zero-order valence-electron chi connectivity index (χ0n) is 32.1. The Balaban J connectivity index is 4.21. The number of hydrogen-bond donors (Lipinski definition) is 4. The average molecular weight is 745 g/mol. The van der Waals surface area contributed by atoms with Crippen LogP contribution in [0.1, 0.15) is 168 Å². The summed E-state index contributed by atoms with van der Waals surface area (Å²) in [5, 5.41) is 20.5. The zero-order valence-corrected chi connectivity index (χ0v) is 33.0. The van der Waals surface area contributed by atoms with Gasteiger partial charge in [0, 0.05) is 12.8 Å². The SMILES string of the molecule is CCCCC/C=C\C/C=C\C/C=C\CC(O)C(O)CCCC(=O)OC[C@H](COP(=O)(O)O)OC(=O)CCCCCCCCCCCCC(C)CC. The van der Waals surface area contributed by atoms with E-state index in [9.17, 15) is 24.4 Å². The molecule has 11 heteroatoms. The van der Waals surface area contributed by atoms with Crippen LogP contribution in [0, 0.1) is 5.92 Å². The number of allylic oxidation sites excluding steroid dienone is 5. The molecule has 0 heterocycles. The molecule has 0 spiro atoms. The smallest absolute Gasteiger partial charge is 0.462 e. The molecule has 4 N–H and O–H groups in total. The number of rotatable bonds is 35. The second kappa shape index (κ2) is 34.0. The van der Waals surface area contributed by atoms with Crippen molar-refractivity contribution in [3.8, 4) is 0 Å². The van der Waals surface area contributed by atoms with E-state index in [2.05, 4.69) is 49.6 Å². The summed E-state index contributed by atoms with van der Waals surface area (Å²) in [7, 11) is -4.82. The molecule has 0 aliphatic heterocycles. The van der Waals surface area contributed by atoms with Gasteiger partial charge in [0.2, 0.25) is 0 Å². The van der Waals surface area contributed by atoms with Crippen LogP contribution < -0.4 is 0 Å². The van der Waals surface area contributed by atoms with Crippen molar-refractivity contribution < 1.29 is 48.2 Å². The summed E-state index contributed by atoms with van der Waals surface area (Å²) >= 11 is 0. The predicted octanol–water partition coefficient (Wildman–Crippen LogP) is 9.59. The van der Waals surface area contributed by atoms with Crippen molar-refractivity contribution in [2.45, 2.75) is 187 Å². The molecule has 0 bridgehead atoms. The first kappa shape index (κ1) is 49.2. The summed E-state index contributed by atoms with van der Waals surface area (Å²) in [5.74, 6) is -0.338. The van der Waals surface area contributed by atoms with Crippen LogP contribution in [0.3, 0.4) is 0 Å². The topological polar surface area (TPSA) is 160 Å². The Morgan fingerprint density at radius 3 is 1.82 bits per heavy atom. The Bertz CT molecular complexity index is 976. The Labute approximate surface area is 309 Å². The van der Waals surface area contributed by atoms with Crippen molar-refractivity contribution in [2.75, 3.05) is 13.2 Å². The third-order valence-corrected chi connectivity index (χ3v) is 9.39. The first-order valence-corrected chi connectivity index (χ1v) is 21.4. The van der Waals surface area contributed by atoms with E-state index in [0.717, 1.165) is 44.4 Å². The first-order valence-electron chi connectivity index (χ1n) is 19.8. The number of carbonyl (C=O) groups excluding carboxylic acids is 2. The van der Waals surface area contributed by atoms with Crippen LogP contribution in [-0.2, 0) is 28.2 Å². The molecule has 298 valence electrons. The Morgan fingerprint density at radius 1 is 0.647 bits per heavy atom. The van der Waals surface area contributed by atoms with Gasteiger partial charge in [-0.05, 0) is 57.3 Å². The predicted molar refractivity (Wildman–Crippen MR) is 205 cm³/mol. The minimum atomic E-state index is -4.82. The maximum Gasteiger partial charge on any atom is 0.469 e. The third-order valence-electron chi connectivity index (χ3n) is 8.90. The number of phosphoric ester groups is 1. The van der Waals surface area contributed by atoms with Gasteiger partial charge >= 0.3 is 19.8 Å². The molecule has 4 atom stereocenters. The zero-order chi connectivity index (χ0) is 38.0. The van der Waals surface area contributed by atoms with Crippen LogP contribution in [0.4, 0.5) is 0 Å². The van der Waals surface area contributed by atoms with E-state index in [-0.39, 0.29) is 25.7 Å². The van der Waals surface area contributed by atoms with Crippen LogP contribution >= 0.6 is 7.82 Å². The fourth-order valence-electron chi connectivity index (χ4n) is 5.39. The fourth-order valence-corrected chi connectivity index (χ4v) is 5.75. The number of ether oxygens (including phenoxy) is 2. The van der Waals surface area contributed by atoms with Gasteiger partial charge in [0.15, 0.2) is 6.10 Å². The molecule has 0 radical (unpaired) electrons. The molecule has 0 aromatic rings. The molecule has 0 aliphatic carbocycles. The minimum Gasteiger partial charge on any atom is -0.462 e. The second-order valence-corrected chi connectivity index (χ2v) is 15.1. The lowest BCUT2D eigenvalue weighted by Crippen LogP contribution is -2.29. The molecule has 0 aromatic heterocycles. The van der Waals surface area contributed by atoms with Gasteiger partial charge in [-0.2, -0.15) is 0 Å². The molecule has 51 heavy (non-hydrogen) atoms. The summed E-state index contributed by atoms with van der Waals surface area (Å²) in [4.78, 5) is 42.8. The van der Waals surface area contributed by atoms with Crippen LogP contribution in [-0.4, -0.2) is 63.5 Å². The Kier molecular flexibility index (Phi) is 32.8. The molecule has 0 fully saturated rings. The van der Waals surface area contributed by atoms with E-state index in [0.29, 0.717) is 12.8 Å². The number of phosphoric acid groups is 1. The number of carbonyl (C=O) groups is 2. The lowest BCUT2D eigenvalue weighted by Gasteiger charge is -2.19. The van der Waals surface area contributed by atoms with Gasteiger partial charge < -0.3 is 29.5 Å². The van der Waals surface area contributed by atoms with Crippen molar-refractivity contribution in [1.82, 2.24) is 0 Å². The van der Waals surface area contributed by atoms with Gasteiger partial charge in [-0.1, -0.05) is 141 Å². The summed E-state index contributed by atoms with van der Waals surface area (Å²) < 4.78 is 26.2. The van der Waals surface area contributed by atoms with Crippen LogP contribution in [0.25, 0.3) is 0 Å². The van der Waals surface area contributed by atoms with Gasteiger partial charge in [0.05, 0.1) is 18.8 Å². The second-order valence-electron chi connectivity index (χ2n) is 13.8. The van der Waals surface area contributed by atoms with E-state index in [1.165, 1.54) is 70.6 Å². The van der Waals surface area contributed by atoms with Crippen LogP contribution in [0.15, 0.2) is 36.5 Å². The molecule has 0 rings (SSSR count). The number of aliphatic hydroxyl groups is 2. The van der Waals surface area contributed by atoms with E-state index >= 15 is 0 Å². The minimum absolute atomic E-state index is 0.0459. The van der Waals surface area contributed by atoms with Gasteiger partial charge in [-0.3, -0.25) is 14.1 Å². The van der Waals surface area contributed by atoms with E-state index in [1.807, 2.05) is 12.2 Å². The molecule has 0 saturated carbocycles. The monoisotopic (exact) mass is 744 g/mol. The standard InChI is InChI=1S/C40H73O10P/c1-4-6-7-8-9-10-11-12-16-19-22-25-29-37(41)38(42)30-27-32-39(43)48-33-36(34-49-51(45,46)47)50-40(44)31-26-23-20-17-14-13-15-18-21-24-28-35(3)5-2/h9-10,12,16,22,25,35-38,41-42H,4-8,11,13-15,17-21,23-24,26-34H2,1-3H3,(H2,45,46,47)/b10-9-,16-12-,25-22-/t35?,36-,37?,38?/m1/s1. The lowest BCUT2D eigenvalue weighted by molar-refractivity contribution is -0.161. The summed E-state index contributed by atoms with van der Waals surface area (Å²) in [6.07, 6.45) is 30.4. The average Bonchev–Trinajstić information content (AvgIpc) is 3.09. The van der Waals surface area contributed by atoms with Crippen molar-refractivity contribution >= 4 is 19.8 Å². The largest absolute Gasteiger partial charge is 0.469 e. The molecule has 0 amide bonds. The van der Waals surface area contributed by atoms with Gasteiger partial charge in [0.25, 0.3) is 0 Å². The number of hydrogen-bond acceptors (Lipinski definition) is 8. The Hall–Kier alpha value is -1.81. The first-order chi connectivity index (χ1) is 24.5. The van der Waals surface area contributed by atoms with Crippen LogP contribution in [0.2, 0.25) is 0 Å². The summed E-state index contributed by atoms with van der Waals surface area (Å²) in [5.41, 5.74) is 0. The highest BCUT2D eigenvalue weighted by Crippen LogP contribution is 2.36. The van der Waals surface area contributed by atoms with Crippen molar-refractivity contribution in [3.63, 3.8) is 0 Å². The van der Waals surface area contributed by atoms with E-state index < -0.39 is 51.3 Å². The maximum atomic E-state index is 12.4. The highest BCUT2D eigenvalue weighted by atomic mass is 31.2. The van der Waals surface area contributed by atoms with Crippen LogP contribution in [0.5, 0.6) is 0 Å². The Morgan fingerprint density at radius 2 is 1.22 bits per heavy atom. The fraction of sp³-hybridized carbons (Fsp3) is 0.800. The number of aliphatic hydroxyl groups excluding tert-OH is 2. The maximum absolute atomic E-state index is 12.4. The molecule has 3 unspecified atom stereocenters. The lowest BCUT2D eigenvalue weighted by atomic mass is 9.99. The molecular formula is C40H73O10P. The van der Waals surface area contributed by atoms with E-state index in [4.69, 9.17) is 19.3 Å². The highest BCUT2D eigenvalue weighted by molar-refractivity contribution is 7.46. The molecule has 10 nitrogen and oxygen atoms in total. The molecule has 0 aromatic carbocycles.